The maximum Gasteiger partial charge on any atom is 0.240 e. The van der Waals surface area contributed by atoms with E-state index in [-0.39, 0.29) is 6.54 Å². The molecular weight excluding hydrogens is 364 g/mol. The Labute approximate surface area is 150 Å². The molecular formula is C18H19F2NO4S. The van der Waals surface area contributed by atoms with Crippen LogP contribution in [0.3, 0.4) is 0 Å². The number of sulfonamides is 1. The van der Waals surface area contributed by atoms with Crippen molar-refractivity contribution >= 4 is 10.0 Å². The monoisotopic (exact) mass is 383 g/mol. The zero-order valence-corrected chi connectivity index (χ0v) is 14.9. The number of methoxy groups -OCH3 is 1. The van der Waals surface area contributed by atoms with Gasteiger partial charge in [0.2, 0.25) is 10.0 Å². The number of halogens is 2. The quantitative estimate of drug-likeness (QED) is 0.832. The number of rotatable bonds is 5. The van der Waals surface area contributed by atoms with Crippen molar-refractivity contribution in [2.24, 2.45) is 0 Å². The molecule has 3 rings (SSSR count). The van der Waals surface area contributed by atoms with Crippen molar-refractivity contribution in [1.29, 1.82) is 0 Å². The Morgan fingerprint density at radius 2 is 1.88 bits per heavy atom. The van der Waals surface area contributed by atoms with Crippen molar-refractivity contribution in [1.82, 2.24) is 4.72 Å². The lowest BCUT2D eigenvalue weighted by Gasteiger charge is -2.34. The molecule has 1 aliphatic rings. The minimum atomic E-state index is -4.17. The minimum Gasteiger partial charge on any atom is -0.497 e. The largest absolute Gasteiger partial charge is 0.497 e. The van der Waals surface area contributed by atoms with Gasteiger partial charge in [-0.3, -0.25) is 0 Å². The number of fused-ring (bicyclic) bond motifs is 1. The summed E-state index contributed by atoms with van der Waals surface area (Å²) in [6.45, 7) is -0.299. The van der Waals surface area contributed by atoms with E-state index in [9.17, 15) is 22.3 Å². The number of aryl methyl sites for hydroxylation is 1. The zero-order valence-electron chi connectivity index (χ0n) is 14.1. The van der Waals surface area contributed by atoms with Gasteiger partial charge in [-0.05, 0) is 54.7 Å². The predicted molar refractivity (Wildman–Crippen MR) is 91.4 cm³/mol. The van der Waals surface area contributed by atoms with Gasteiger partial charge in [0.1, 0.15) is 23.0 Å². The summed E-state index contributed by atoms with van der Waals surface area (Å²) in [6, 6.07) is 7.28. The first-order valence-corrected chi connectivity index (χ1v) is 9.57. The van der Waals surface area contributed by atoms with E-state index < -0.39 is 32.2 Å². The Morgan fingerprint density at radius 1 is 1.19 bits per heavy atom. The number of benzene rings is 2. The average molecular weight is 383 g/mol. The lowest BCUT2D eigenvalue weighted by molar-refractivity contribution is 0.0242. The van der Waals surface area contributed by atoms with E-state index in [1.54, 1.807) is 19.2 Å². The van der Waals surface area contributed by atoms with Crippen molar-refractivity contribution in [3.63, 3.8) is 0 Å². The number of nitrogens with one attached hydrogen (secondary N) is 1. The minimum absolute atomic E-state index is 0.299. The summed E-state index contributed by atoms with van der Waals surface area (Å²) in [5.74, 6) is -1.32. The van der Waals surface area contributed by atoms with Crippen LogP contribution in [-0.2, 0) is 22.0 Å². The molecule has 0 aromatic heterocycles. The molecule has 8 heteroatoms. The van der Waals surface area contributed by atoms with Crippen molar-refractivity contribution in [2.75, 3.05) is 13.7 Å². The first kappa shape index (κ1) is 18.8. The summed E-state index contributed by atoms with van der Waals surface area (Å²) in [5, 5.41) is 11.0. The highest BCUT2D eigenvalue weighted by molar-refractivity contribution is 7.89. The molecule has 0 fully saturated rings. The summed E-state index contributed by atoms with van der Waals surface area (Å²) >= 11 is 0. The molecule has 140 valence electrons. The number of hydrogen-bond acceptors (Lipinski definition) is 4. The van der Waals surface area contributed by atoms with Gasteiger partial charge < -0.3 is 9.84 Å². The molecule has 1 aliphatic carbocycles. The Balaban J connectivity index is 1.85. The molecule has 0 amide bonds. The fourth-order valence-corrected chi connectivity index (χ4v) is 4.36. The van der Waals surface area contributed by atoms with Crippen LogP contribution in [0.4, 0.5) is 8.78 Å². The van der Waals surface area contributed by atoms with E-state index in [4.69, 9.17) is 4.74 Å². The van der Waals surface area contributed by atoms with Gasteiger partial charge in [-0.1, -0.05) is 6.07 Å². The molecule has 0 spiro atoms. The van der Waals surface area contributed by atoms with Crippen LogP contribution in [0.25, 0.3) is 0 Å². The Kier molecular flexibility index (Phi) is 5.01. The average Bonchev–Trinajstić information content (AvgIpc) is 2.59. The first-order chi connectivity index (χ1) is 12.2. The van der Waals surface area contributed by atoms with E-state index in [0.717, 1.165) is 24.1 Å². The number of ether oxygens (including phenoxy) is 1. The summed E-state index contributed by atoms with van der Waals surface area (Å²) in [7, 11) is -2.63. The van der Waals surface area contributed by atoms with Crippen molar-refractivity contribution in [2.45, 2.75) is 29.8 Å². The van der Waals surface area contributed by atoms with E-state index in [0.29, 0.717) is 30.2 Å². The molecule has 0 saturated heterocycles. The van der Waals surface area contributed by atoms with Crippen LogP contribution in [0.1, 0.15) is 24.0 Å². The van der Waals surface area contributed by atoms with E-state index in [1.165, 1.54) is 0 Å². The van der Waals surface area contributed by atoms with Gasteiger partial charge in [0.15, 0.2) is 0 Å². The molecule has 0 saturated carbocycles. The molecule has 2 aromatic rings. The maximum absolute atomic E-state index is 13.3. The molecule has 5 nitrogen and oxygen atoms in total. The van der Waals surface area contributed by atoms with Crippen LogP contribution in [0.15, 0.2) is 41.3 Å². The molecule has 2 aromatic carbocycles. The highest BCUT2D eigenvalue weighted by Crippen LogP contribution is 2.36. The lowest BCUT2D eigenvalue weighted by atomic mass is 9.79. The van der Waals surface area contributed by atoms with Gasteiger partial charge in [-0.25, -0.2) is 21.9 Å². The molecule has 2 N–H and O–H groups in total. The van der Waals surface area contributed by atoms with E-state index in [2.05, 4.69) is 4.72 Å². The molecule has 26 heavy (non-hydrogen) atoms. The smallest absolute Gasteiger partial charge is 0.240 e. The third-order valence-corrected chi connectivity index (χ3v) is 5.93. The van der Waals surface area contributed by atoms with Crippen LogP contribution >= 0.6 is 0 Å². The lowest BCUT2D eigenvalue weighted by Crippen LogP contribution is -2.43. The zero-order chi connectivity index (χ0) is 18.9. The predicted octanol–water partition coefficient (Wildman–Crippen LogP) is 2.48. The summed E-state index contributed by atoms with van der Waals surface area (Å²) in [6.07, 6.45) is 1.79. The molecule has 1 unspecified atom stereocenters. The molecule has 0 aliphatic heterocycles. The summed E-state index contributed by atoms with van der Waals surface area (Å²) < 4.78 is 58.8. The van der Waals surface area contributed by atoms with Crippen LogP contribution in [0.2, 0.25) is 0 Å². The van der Waals surface area contributed by atoms with E-state index >= 15 is 0 Å². The van der Waals surface area contributed by atoms with Gasteiger partial charge in [0.25, 0.3) is 0 Å². The summed E-state index contributed by atoms with van der Waals surface area (Å²) in [4.78, 5) is -0.524. The standard InChI is InChI=1S/C18H19F2NO4S/c1-25-15-4-5-17-12(7-15)3-2-6-18(17,22)11-21-26(23,24)16-9-13(19)8-14(20)10-16/h4-5,7-10,21-22H,2-3,6,11H2,1H3. The number of hydrogen-bond donors (Lipinski definition) is 2. The van der Waals surface area contributed by atoms with E-state index in [1.807, 2.05) is 6.07 Å². The maximum atomic E-state index is 13.3. The third-order valence-electron chi connectivity index (χ3n) is 4.55. The molecule has 1 atom stereocenters. The third kappa shape index (κ3) is 3.72. The van der Waals surface area contributed by atoms with Gasteiger partial charge in [0, 0.05) is 12.6 Å². The van der Waals surface area contributed by atoms with Gasteiger partial charge in [-0.15, -0.1) is 0 Å². The van der Waals surface area contributed by atoms with Crippen molar-refractivity contribution in [3.8, 4) is 5.75 Å². The van der Waals surface area contributed by atoms with Gasteiger partial charge in [0.05, 0.1) is 12.0 Å². The highest BCUT2D eigenvalue weighted by Gasteiger charge is 2.36. The Hall–Kier alpha value is -2.03. The van der Waals surface area contributed by atoms with Crippen molar-refractivity contribution < 1.29 is 27.0 Å². The van der Waals surface area contributed by atoms with Crippen molar-refractivity contribution in [3.05, 3.63) is 59.2 Å². The molecule has 0 bridgehead atoms. The first-order valence-electron chi connectivity index (χ1n) is 8.09. The van der Waals surface area contributed by atoms with Gasteiger partial charge in [-0.2, -0.15) is 0 Å². The summed E-state index contributed by atoms with van der Waals surface area (Å²) in [5.41, 5.74) is 0.102. The van der Waals surface area contributed by atoms with Crippen LogP contribution in [-0.4, -0.2) is 27.2 Å². The second kappa shape index (κ2) is 6.94. The van der Waals surface area contributed by atoms with Crippen LogP contribution in [0.5, 0.6) is 5.75 Å². The normalized spacial score (nSPS) is 19.8. The fraction of sp³-hybridized carbons (Fsp3) is 0.333. The second-order valence-corrected chi connectivity index (χ2v) is 8.10. The van der Waals surface area contributed by atoms with Crippen LogP contribution < -0.4 is 9.46 Å². The second-order valence-electron chi connectivity index (χ2n) is 6.34. The van der Waals surface area contributed by atoms with Crippen LogP contribution in [0, 0.1) is 11.6 Å². The molecule has 0 heterocycles. The topological polar surface area (TPSA) is 75.6 Å². The Bertz CT molecular complexity index is 913. The number of aliphatic hydroxyl groups is 1. The SMILES string of the molecule is COc1ccc2c(c1)CCCC2(O)CNS(=O)(=O)c1cc(F)cc(F)c1. The van der Waals surface area contributed by atoms with Gasteiger partial charge >= 0.3 is 0 Å². The fourth-order valence-electron chi connectivity index (χ4n) is 3.23. The Morgan fingerprint density at radius 3 is 2.54 bits per heavy atom. The highest BCUT2D eigenvalue weighted by atomic mass is 32.2. The molecule has 0 radical (unpaired) electrons.